The third-order valence-corrected chi connectivity index (χ3v) is 1.76. The van der Waals surface area contributed by atoms with Crippen LogP contribution in [0.2, 0.25) is 0 Å². The fourth-order valence-electron chi connectivity index (χ4n) is 1.02. The van der Waals surface area contributed by atoms with Crippen molar-refractivity contribution in [3.05, 3.63) is 24.0 Å². The lowest BCUT2D eigenvalue weighted by Gasteiger charge is -2.13. The second kappa shape index (κ2) is 4.32. The van der Waals surface area contributed by atoms with Crippen LogP contribution in [0, 0.1) is 0 Å². The largest absolute Gasteiger partial charge is 0.497 e. The number of pyridine rings is 1. The van der Waals surface area contributed by atoms with Gasteiger partial charge < -0.3 is 10.5 Å². The topological polar surface area (TPSA) is 48.1 Å². The molecule has 0 saturated carbocycles. The molecule has 0 amide bonds. The Labute approximate surface area is 80.9 Å². The van der Waals surface area contributed by atoms with Crippen molar-refractivity contribution >= 4 is 0 Å². The van der Waals surface area contributed by atoms with Crippen molar-refractivity contribution in [1.82, 2.24) is 4.98 Å². The molecule has 0 atom stereocenters. The first kappa shape index (κ1) is 10.8. The number of hydrogen-bond donors (Lipinski definition) is 1. The van der Waals surface area contributed by atoms with Crippen LogP contribution < -0.4 is 10.5 Å². The highest BCUT2D eigenvalue weighted by atomic mass is 19.3. The number of nitrogens with zero attached hydrogens (tertiary/aromatic N) is 1. The number of halogens is 2. The summed E-state index contributed by atoms with van der Waals surface area (Å²) < 4.78 is 30.6. The summed E-state index contributed by atoms with van der Waals surface area (Å²) in [4.78, 5) is 3.80. The molecule has 1 rings (SSSR count). The molecule has 1 aromatic rings. The van der Waals surface area contributed by atoms with Crippen molar-refractivity contribution < 1.29 is 13.5 Å². The van der Waals surface area contributed by atoms with Gasteiger partial charge in [-0.25, -0.2) is 8.78 Å². The third-order valence-electron chi connectivity index (χ3n) is 1.76. The van der Waals surface area contributed by atoms with Crippen LogP contribution in [-0.4, -0.2) is 24.6 Å². The Bertz CT molecular complexity index is 305. The minimum atomic E-state index is -2.90. The maximum Gasteiger partial charge on any atom is 0.265 e. The molecular formula is C9H12F2N2O. The second-order valence-corrected chi connectivity index (χ2v) is 2.92. The molecule has 1 heterocycles. The summed E-state index contributed by atoms with van der Waals surface area (Å²) in [6.45, 7) is -0.675. The van der Waals surface area contributed by atoms with Crippen molar-refractivity contribution in [2.24, 2.45) is 5.73 Å². The van der Waals surface area contributed by atoms with Crippen LogP contribution in [0.5, 0.6) is 5.75 Å². The van der Waals surface area contributed by atoms with Crippen LogP contribution in [0.4, 0.5) is 8.78 Å². The van der Waals surface area contributed by atoms with E-state index in [0.29, 0.717) is 5.75 Å². The van der Waals surface area contributed by atoms with Gasteiger partial charge in [-0.15, -0.1) is 0 Å². The fourth-order valence-corrected chi connectivity index (χ4v) is 1.02. The lowest BCUT2D eigenvalue weighted by atomic mass is 10.1. The summed E-state index contributed by atoms with van der Waals surface area (Å²) in [7, 11) is 1.47. The first-order valence-electron chi connectivity index (χ1n) is 4.14. The van der Waals surface area contributed by atoms with Crippen LogP contribution in [0.1, 0.15) is 5.69 Å². The molecule has 0 spiro atoms. The Hall–Kier alpha value is -1.23. The zero-order chi connectivity index (χ0) is 10.6. The molecule has 0 saturated heterocycles. The van der Waals surface area contributed by atoms with Gasteiger partial charge in [0, 0.05) is 12.3 Å². The third kappa shape index (κ3) is 2.92. The van der Waals surface area contributed by atoms with Crippen LogP contribution >= 0.6 is 0 Å². The van der Waals surface area contributed by atoms with Crippen LogP contribution in [0.3, 0.4) is 0 Å². The number of hydrogen-bond acceptors (Lipinski definition) is 3. The molecule has 0 aliphatic carbocycles. The van der Waals surface area contributed by atoms with Gasteiger partial charge in [-0.3, -0.25) is 4.98 Å². The summed E-state index contributed by atoms with van der Waals surface area (Å²) in [6.07, 6.45) is 0.974. The molecule has 14 heavy (non-hydrogen) atoms. The molecule has 1 aromatic heterocycles. The van der Waals surface area contributed by atoms with Gasteiger partial charge in [-0.05, 0) is 6.07 Å². The van der Waals surface area contributed by atoms with Gasteiger partial charge in [-0.1, -0.05) is 0 Å². The van der Waals surface area contributed by atoms with Gasteiger partial charge in [-0.2, -0.15) is 0 Å². The Kier molecular flexibility index (Phi) is 3.35. The first-order valence-corrected chi connectivity index (χ1v) is 4.14. The lowest BCUT2D eigenvalue weighted by molar-refractivity contribution is 0.0105. The van der Waals surface area contributed by atoms with Gasteiger partial charge in [0.15, 0.2) is 0 Å². The highest BCUT2D eigenvalue weighted by molar-refractivity contribution is 5.23. The zero-order valence-electron chi connectivity index (χ0n) is 7.84. The van der Waals surface area contributed by atoms with Crippen molar-refractivity contribution in [3.8, 4) is 5.75 Å². The van der Waals surface area contributed by atoms with E-state index in [4.69, 9.17) is 10.5 Å². The average Bonchev–Trinajstić information content (AvgIpc) is 2.17. The van der Waals surface area contributed by atoms with E-state index >= 15 is 0 Å². The minimum Gasteiger partial charge on any atom is -0.497 e. The molecule has 0 aliphatic heterocycles. The molecule has 0 aromatic carbocycles. The van der Waals surface area contributed by atoms with E-state index in [9.17, 15) is 8.78 Å². The van der Waals surface area contributed by atoms with Crippen LogP contribution in [-0.2, 0) is 6.42 Å². The normalized spacial score (nSPS) is 11.4. The molecule has 0 fully saturated rings. The molecule has 3 nitrogen and oxygen atoms in total. The minimum absolute atomic E-state index is 0.278. The van der Waals surface area contributed by atoms with Gasteiger partial charge >= 0.3 is 0 Å². The predicted octanol–water partition coefficient (Wildman–Crippen LogP) is 1.23. The Morgan fingerprint density at radius 1 is 1.57 bits per heavy atom. The molecule has 78 valence electrons. The summed E-state index contributed by atoms with van der Waals surface area (Å²) >= 11 is 0. The standard InChI is InChI=1S/C9H12F2N2O/c1-14-8-2-3-13-7(4-8)5-9(10,11)6-12/h2-4H,5-6,12H2,1H3. The van der Waals surface area contributed by atoms with Crippen molar-refractivity contribution in [2.75, 3.05) is 13.7 Å². The summed E-state index contributed by atoms with van der Waals surface area (Å²) in [6, 6.07) is 3.08. The number of rotatable bonds is 4. The maximum atomic E-state index is 12.9. The first-order chi connectivity index (χ1) is 6.57. The molecular weight excluding hydrogens is 190 g/mol. The van der Waals surface area contributed by atoms with Crippen LogP contribution in [0.25, 0.3) is 0 Å². The molecule has 0 unspecified atom stereocenters. The van der Waals surface area contributed by atoms with E-state index in [-0.39, 0.29) is 5.69 Å². The van der Waals surface area contributed by atoms with E-state index in [1.54, 1.807) is 6.07 Å². The van der Waals surface area contributed by atoms with Gasteiger partial charge in [0.2, 0.25) is 0 Å². The van der Waals surface area contributed by atoms with Crippen molar-refractivity contribution in [3.63, 3.8) is 0 Å². The van der Waals surface area contributed by atoms with E-state index in [2.05, 4.69) is 4.98 Å². The Morgan fingerprint density at radius 2 is 2.29 bits per heavy atom. The van der Waals surface area contributed by atoms with E-state index < -0.39 is 18.9 Å². The van der Waals surface area contributed by atoms with E-state index in [1.807, 2.05) is 0 Å². The molecule has 5 heteroatoms. The quantitative estimate of drug-likeness (QED) is 0.798. The SMILES string of the molecule is COc1ccnc(CC(F)(F)CN)c1. The zero-order valence-corrected chi connectivity index (χ0v) is 7.84. The molecule has 2 N–H and O–H groups in total. The summed E-state index contributed by atoms with van der Waals surface area (Å²) in [5.41, 5.74) is 5.19. The highest BCUT2D eigenvalue weighted by Crippen LogP contribution is 2.19. The molecule has 0 radical (unpaired) electrons. The maximum absolute atomic E-state index is 12.9. The highest BCUT2D eigenvalue weighted by Gasteiger charge is 2.27. The predicted molar refractivity (Wildman–Crippen MR) is 48.5 cm³/mol. The molecule has 0 aliphatic rings. The Morgan fingerprint density at radius 3 is 2.86 bits per heavy atom. The van der Waals surface area contributed by atoms with E-state index in [0.717, 1.165) is 0 Å². The van der Waals surface area contributed by atoms with Gasteiger partial charge in [0.25, 0.3) is 5.92 Å². The van der Waals surface area contributed by atoms with Crippen molar-refractivity contribution in [1.29, 1.82) is 0 Å². The fraction of sp³-hybridized carbons (Fsp3) is 0.444. The Balaban J connectivity index is 2.76. The molecule has 0 bridgehead atoms. The van der Waals surface area contributed by atoms with Crippen LogP contribution in [0.15, 0.2) is 18.3 Å². The van der Waals surface area contributed by atoms with Gasteiger partial charge in [0.05, 0.1) is 25.8 Å². The van der Waals surface area contributed by atoms with Gasteiger partial charge in [0.1, 0.15) is 5.75 Å². The second-order valence-electron chi connectivity index (χ2n) is 2.92. The lowest BCUT2D eigenvalue weighted by Crippen LogP contribution is -2.30. The monoisotopic (exact) mass is 202 g/mol. The average molecular weight is 202 g/mol. The van der Waals surface area contributed by atoms with E-state index in [1.165, 1.54) is 19.4 Å². The summed E-state index contributed by atoms with van der Waals surface area (Å²) in [5, 5.41) is 0. The number of alkyl halides is 2. The summed E-state index contributed by atoms with van der Waals surface area (Å²) in [5.74, 6) is -2.39. The van der Waals surface area contributed by atoms with Crippen molar-refractivity contribution in [2.45, 2.75) is 12.3 Å². The smallest absolute Gasteiger partial charge is 0.265 e. The number of nitrogens with two attached hydrogens (primary N) is 1. The number of aromatic nitrogens is 1. The number of ether oxygens (including phenoxy) is 1. The number of methoxy groups -OCH3 is 1.